The molecule has 0 bridgehead atoms. The van der Waals surface area contributed by atoms with Crippen molar-refractivity contribution in [2.24, 2.45) is 5.92 Å². The van der Waals surface area contributed by atoms with Crippen molar-refractivity contribution < 1.29 is 4.39 Å². The molecule has 1 fully saturated rings. The first-order valence-corrected chi connectivity index (χ1v) is 6.28. The lowest BCUT2D eigenvalue weighted by atomic mass is 10.0. The summed E-state index contributed by atoms with van der Waals surface area (Å²) in [6.07, 6.45) is 0. The van der Waals surface area contributed by atoms with Gasteiger partial charge in [-0.25, -0.2) is 4.39 Å². The largest absolute Gasteiger partial charge is 0.316 e. The maximum absolute atomic E-state index is 13.5. The van der Waals surface area contributed by atoms with Gasteiger partial charge in [-0.3, -0.25) is 0 Å². The Labute approximate surface area is 107 Å². The molecule has 94 valence electrons. The fraction of sp³-hybridized carbons (Fsp3) is 0.538. The van der Waals surface area contributed by atoms with E-state index < -0.39 is 0 Å². The molecular formula is C13H18ClFN2. The average Bonchev–Trinajstić information content (AvgIpc) is 2.20. The Bertz CT molecular complexity index is 405. The van der Waals surface area contributed by atoms with E-state index in [4.69, 9.17) is 11.6 Å². The average molecular weight is 257 g/mol. The lowest BCUT2D eigenvalue weighted by Crippen LogP contribution is -2.47. The van der Waals surface area contributed by atoms with E-state index in [9.17, 15) is 4.39 Å². The molecule has 1 N–H and O–H groups in total. The van der Waals surface area contributed by atoms with Crippen LogP contribution in [0.1, 0.15) is 11.1 Å². The summed E-state index contributed by atoms with van der Waals surface area (Å²) < 4.78 is 13.5. The van der Waals surface area contributed by atoms with Crippen molar-refractivity contribution in [1.82, 2.24) is 10.2 Å². The number of hydrogen-bond acceptors (Lipinski definition) is 2. The predicted molar refractivity (Wildman–Crippen MR) is 68.8 cm³/mol. The number of halogens is 2. The number of nitrogens with zero attached hydrogens (tertiary/aromatic N) is 1. The molecule has 0 atom stereocenters. The van der Waals surface area contributed by atoms with Crippen LogP contribution < -0.4 is 5.32 Å². The minimum atomic E-state index is -0.178. The van der Waals surface area contributed by atoms with Gasteiger partial charge >= 0.3 is 0 Å². The molecule has 1 aromatic carbocycles. The third-order valence-corrected chi connectivity index (χ3v) is 3.56. The van der Waals surface area contributed by atoms with Crippen LogP contribution in [0.15, 0.2) is 12.1 Å². The summed E-state index contributed by atoms with van der Waals surface area (Å²) in [5.74, 6) is 0.539. The van der Waals surface area contributed by atoms with Crippen LogP contribution in [0.25, 0.3) is 0 Å². The zero-order valence-corrected chi connectivity index (χ0v) is 11.0. The molecule has 0 saturated carbocycles. The van der Waals surface area contributed by atoms with Crippen LogP contribution in [0.5, 0.6) is 0 Å². The Morgan fingerprint density at radius 1 is 1.47 bits per heavy atom. The Morgan fingerprint density at radius 2 is 2.18 bits per heavy atom. The molecule has 4 heteroatoms. The monoisotopic (exact) mass is 256 g/mol. The van der Waals surface area contributed by atoms with Gasteiger partial charge in [0, 0.05) is 31.2 Å². The molecule has 1 aliphatic heterocycles. The molecule has 0 aromatic heterocycles. The maximum Gasteiger partial charge on any atom is 0.126 e. The van der Waals surface area contributed by atoms with E-state index in [0.717, 1.165) is 25.2 Å². The molecule has 0 unspecified atom stereocenters. The number of aryl methyl sites for hydroxylation is 1. The minimum Gasteiger partial charge on any atom is -0.316 e. The molecule has 17 heavy (non-hydrogen) atoms. The van der Waals surface area contributed by atoms with E-state index in [2.05, 4.69) is 10.2 Å². The van der Waals surface area contributed by atoms with Crippen molar-refractivity contribution in [3.63, 3.8) is 0 Å². The van der Waals surface area contributed by atoms with E-state index in [1.165, 1.54) is 0 Å². The van der Waals surface area contributed by atoms with Gasteiger partial charge in [0.1, 0.15) is 5.82 Å². The van der Waals surface area contributed by atoms with Crippen LogP contribution in [0.2, 0.25) is 5.02 Å². The molecule has 0 amide bonds. The first kappa shape index (κ1) is 12.8. The van der Waals surface area contributed by atoms with Crippen LogP contribution in [0, 0.1) is 18.7 Å². The van der Waals surface area contributed by atoms with Crippen molar-refractivity contribution in [1.29, 1.82) is 0 Å². The molecule has 2 rings (SSSR count). The smallest absolute Gasteiger partial charge is 0.126 e. The van der Waals surface area contributed by atoms with Gasteiger partial charge in [0.25, 0.3) is 0 Å². The number of hydrogen-bond donors (Lipinski definition) is 1. The van der Waals surface area contributed by atoms with Crippen LogP contribution >= 0.6 is 11.6 Å². The molecule has 1 aliphatic rings. The van der Waals surface area contributed by atoms with Crippen LogP contribution in [-0.2, 0) is 6.54 Å². The van der Waals surface area contributed by atoms with Crippen LogP contribution in [-0.4, -0.2) is 31.6 Å². The van der Waals surface area contributed by atoms with Crippen LogP contribution in [0.3, 0.4) is 0 Å². The third-order valence-electron chi connectivity index (χ3n) is 3.20. The Hall–Kier alpha value is -0.640. The second-order valence-electron chi connectivity index (χ2n) is 4.91. The van der Waals surface area contributed by atoms with E-state index in [-0.39, 0.29) is 5.82 Å². The SMILES string of the molecule is Cc1cc(Cl)c(CN(C)CC2CNC2)cc1F. The van der Waals surface area contributed by atoms with Gasteiger partial charge in [-0.05, 0) is 43.1 Å². The maximum atomic E-state index is 13.5. The van der Waals surface area contributed by atoms with Crippen molar-refractivity contribution in [3.8, 4) is 0 Å². The molecule has 1 aromatic rings. The second-order valence-corrected chi connectivity index (χ2v) is 5.32. The first-order valence-electron chi connectivity index (χ1n) is 5.90. The first-order chi connectivity index (χ1) is 8.06. The molecule has 1 saturated heterocycles. The normalized spacial score (nSPS) is 16.3. The van der Waals surface area contributed by atoms with Gasteiger partial charge in [-0.2, -0.15) is 0 Å². The van der Waals surface area contributed by atoms with Gasteiger partial charge in [0.15, 0.2) is 0 Å². The zero-order chi connectivity index (χ0) is 12.4. The summed E-state index contributed by atoms with van der Waals surface area (Å²) in [5, 5.41) is 3.90. The fourth-order valence-corrected chi connectivity index (χ4v) is 2.36. The second kappa shape index (κ2) is 5.34. The van der Waals surface area contributed by atoms with Gasteiger partial charge in [0.05, 0.1) is 0 Å². The van der Waals surface area contributed by atoms with Gasteiger partial charge in [-0.15, -0.1) is 0 Å². The Balaban J connectivity index is 1.99. The fourth-order valence-electron chi connectivity index (χ4n) is 2.08. The van der Waals surface area contributed by atoms with E-state index in [1.807, 2.05) is 7.05 Å². The summed E-state index contributed by atoms with van der Waals surface area (Å²) in [6, 6.07) is 3.25. The molecule has 2 nitrogen and oxygen atoms in total. The standard InChI is InChI=1S/C13H18ClFN2/c1-9-3-12(14)11(4-13(9)15)8-17(2)7-10-5-16-6-10/h3-4,10,16H,5-8H2,1-2H3. The van der Waals surface area contributed by atoms with Crippen LogP contribution in [0.4, 0.5) is 4.39 Å². The predicted octanol–water partition coefficient (Wildman–Crippen LogP) is 2.44. The third kappa shape index (κ3) is 3.18. The Kier molecular flexibility index (Phi) is 4.02. The van der Waals surface area contributed by atoms with Gasteiger partial charge < -0.3 is 10.2 Å². The van der Waals surface area contributed by atoms with Gasteiger partial charge in [-0.1, -0.05) is 11.6 Å². The van der Waals surface area contributed by atoms with Crippen molar-refractivity contribution in [2.45, 2.75) is 13.5 Å². The number of rotatable bonds is 4. The summed E-state index contributed by atoms with van der Waals surface area (Å²) in [6.45, 7) is 5.63. The molecule has 0 spiro atoms. The zero-order valence-electron chi connectivity index (χ0n) is 10.3. The topological polar surface area (TPSA) is 15.3 Å². The van der Waals surface area contributed by atoms with Crippen molar-refractivity contribution in [2.75, 3.05) is 26.7 Å². The highest BCUT2D eigenvalue weighted by molar-refractivity contribution is 6.31. The van der Waals surface area contributed by atoms with E-state index in [0.29, 0.717) is 23.0 Å². The van der Waals surface area contributed by atoms with Crippen molar-refractivity contribution in [3.05, 3.63) is 34.1 Å². The molecule has 0 aliphatic carbocycles. The number of benzene rings is 1. The van der Waals surface area contributed by atoms with Crippen molar-refractivity contribution >= 4 is 11.6 Å². The Morgan fingerprint density at radius 3 is 2.76 bits per heavy atom. The van der Waals surface area contributed by atoms with E-state index in [1.54, 1.807) is 19.1 Å². The van der Waals surface area contributed by atoms with E-state index >= 15 is 0 Å². The quantitative estimate of drug-likeness (QED) is 0.890. The summed E-state index contributed by atoms with van der Waals surface area (Å²) >= 11 is 6.12. The molecule has 0 radical (unpaired) electrons. The van der Waals surface area contributed by atoms with Gasteiger partial charge in [0.2, 0.25) is 0 Å². The molecular weight excluding hydrogens is 239 g/mol. The lowest BCUT2D eigenvalue weighted by molar-refractivity contribution is 0.218. The highest BCUT2D eigenvalue weighted by Crippen LogP contribution is 2.22. The minimum absolute atomic E-state index is 0.178. The lowest BCUT2D eigenvalue weighted by Gasteiger charge is -2.31. The molecule has 1 heterocycles. The summed E-state index contributed by atoms with van der Waals surface area (Å²) in [5.41, 5.74) is 1.47. The number of nitrogens with one attached hydrogen (secondary N) is 1. The highest BCUT2D eigenvalue weighted by atomic mass is 35.5. The highest BCUT2D eigenvalue weighted by Gasteiger charge is 2.19. The summed E-state index contributed by atoms with van der Waals surface area (Å²) in [4.78, 5) is 2.20. The summed E-state index contributed by atoms with van der Waals surface area (Å²) in [7, 11) is 2.05.